The number of hydrogen-bond donors (Lipinski definition) is 0. The lowest BCUT2D eigenvalue weighted by molar-refractivity contribution is 0.302. The van der Waals surface area contributed by atoms with Crippen LogP contribution in [0.2, 0.25) is 0 Å². The van der Waals surface area contributed by atoms with E-state index in [-0.39, 0.29) is 0 Å². The topological polar surface area (TPSA) is 14.2 Å². The maximum Gasteiger partial charge on any atom is 0.129 e. The summed E-state index contributed by atoms with van der Waals surface area (Å²) in [6.45, 7) is 1.80. The quantitative estimate of drug-likeness (QED) is 0.613. The molecule has 0 atom stereocenters. The molecule has 1 aromatic heterocycles. The molecule has 23 heavy (non-hydrogen) atoms. The number of nitrogens with zero attached hydrogens (tertiary/aromatic N) is 1. The Kier molecular flexibility index (Phi) is 2.84. The maximum absolute atomic E-state index is 6.08. The van der Waals surface area contributed by atoms with Gasteiger partial charge in [0.15, 0.2) is 0 Å². The summed E-state index contributed by atoms with van der Waals surface area (Å²) in [5.74, 6) is 1.02. The first-order chi connectivity index (χ1) is 11.4. The molecule has 0 bridgehead atoms. The summed E-state index contributed by atoms with van der Waals surface area (Å²) in [4.78, 5) is 0. The second-order valence-corrected chi connectivity index (χ2v) is 6.41. The number of ether oxygens (including phenoxy) is 1. The van der Waals surface area contributed by atoms with E-state index in [0.717, 1.165) is 12.3 Å². The molecule has 0 fully saturated rings. The van der Waals surface area contributed by atoms with Crippen LogP contribution in [0.5, 0.6) is 5.75 Å². The van der Waals surface area contributed by atoms with Crippen LogP contribution < -0.4 is 4.74 Å². The second kappa shape index (κ2) is 5.02. The van der Waals surface area contributed by atoms with Crippen molar-refractivity contribution in [2.45, 2.75) is 32.4 Å². The standard InChI is InChI=1S/C21H19NO/c1-2-8-15(9-3-1)20-17-14-23-19-12-5-4-10-16(19)21(17)22-13-7-6-11-18(20)22/h1-5,8-10,12H,6-7,11,13-14H2. The first kappa shape index (κ1) is 13.0. The van der Waals surface area contributed by atoms with Gasteiger partial charge in [-0.05, 0) is 37.0 Å². The molecule has 3 heterocycles. The zero-order valence-electron chi connectivity index (χ0n) is 13.1. The van der Waals surface area contributed by atoms with Gasteiger partial charge in [0.2, 0.25) is 0 Å². The number of para-hydroxylation sites is 1. The molecule has 114 valence electrons. The van der Waals surface area contributed by atoms with Crippen molar-refractivity contribution in [3.05, 3.63) is 65.9 Å². The molecule has 0 N–H and O–H groups in total. The van der Waals surface area contributed by atoms with Crippen LogP contribution in [0.15, 0.2) is 54.6 Å². The minimum atomic E-state index is 0.677. The van der Waals surface area contributed by atoms with Crippen LogP contribution in [-0.2, 0) is 19.6 Å². The largest absolute Gasteiger partial charge is 0.488 e. The van der Waals surface area contributed by atoms with Crippen LogP contribution in [0.4, 0.5) is 0 Å². The van der Waals surface area contributed by atoms with Gasteiger partial charge in [0, 0.05) is 28.9 Å². The Morgan fingerprint density at radius 1 is 0.870 bits per heavy atom. The predicted molar refractivity (Wildman–Crippen MR) is 92.6 cm³/mol. The van der Waals surface area contributed by atoms with Gasteiger partial charge in [-0.1, -0.05) is 42.5 Å². The Labute approximate surface area is 136 Å². The van der Waals surface area contributed by atoms with Crippen LogP contribution in [0.1, 0.15) is 24.1 Å². The summed E-state index contributed by atoms with van der Waals surface area (Å²) in [5.41, 5.74) is 8.23. The van der Waals surface area contributed by atoms with E-state index < -0.39 is 0 Å². The van der Waals surface area contributed by atoms with Crippen molar-refractivity contribution in [1.29, 1.82) is 0 Å². The van der Waals surface area contributed by atoms with Crippen LogP contribution in [0.25, 0.3) is 22.4 Å². The summed E-state index contributed by atoms with van der Waals surface area (Å²) < 4.78 is 8.63. The third-order valence-corrected chi connectivity index (χ3v) is 5.09. The molecular formula is C21H19NO. The van der Waals surface area contributed by atoms with E-state index in [1.165, 1.54) is 52.9 Å². The highest BCUT2D eigenvalue weighted by Crippen LogP contribution is 2.46. The average molecular weight is 301 g/mol. The lowest BCUT2D eigenvalue weighted by Crippen LogP contribution is -2.12. The van der Waals surface area contributed by atoms with Gasteiger partial charge in [-0.25, -0.2) is 0 Å². The fraction of sp³-hybridized carbons (Fsp3) is 0.238. The SMILES string of the molecule is c1ccc(-c2c3c(n4c2CCCC4)-c2ccccc2OC3)cc1. The molecule has 0 amide bonds. The first-order valence-electron chi connectivity index (χ1n) is 8.45. The molecule has 0 saturated heterocycles. The van der Waals surface area contributed by atoms with E-state index in [1.54, 1.807) is 0 Å². The molecule has 2 heteroatoms. The average Bonchev–Trinajstić information content (AvgIpc) is 2.97. The van der Waals surface area contributed by atoms with Crippen LogP contribution >= 0.6 is 0 Å². The molecule has 2 aliphatic rings. The summed E-state index contributed by atoms with van der Waals surface area (Å²) in [6.07, 6.45) is 3.72. The number of aromatic nitrogens is 1. The number of fused-ring (bicyclic) bond motifs is 5. The number of hydrogen-bond acceptors (Lipinski definition) is 1. The van der Waals surface area contributed by atoms with Gasteiger partial charge in [0.1, 0.15) is 12.4 Å². The zero-order chi connectivity index (χ0) is 15.2. The lowest BCUT2D eigenvalue weighted by Gasteiger charge is -2.22. The normalized spacial score (nSPS) is 15.3. The summed E-state index contributed by atoms with van der Waals surface area (Å²) in [6, 6.07) is 19.3. The van der Waals surface area contributed by atoms with Crippen LogP contribution in [0, 0.1) is 0 Å². The first-order valence-corrected chi connectivity index (χ1v) is 8.45. The van der Waals surface area contributed by atoms with Crippen LogP contribution in [0.3, 0.4) is 0 Å². The van der Waals surface area contributed by atoms with E-state index >= 15 is 0 Å². The maximum atomic E-state index is 6.08. The van der Waals surface area contributed by atoms with Crippen molar-refractivity contribution < 1.29 is 4.74 Å². The molecule has 0 spiro atoms. The van der Waals surface area contributed by atoms with E-state index in [1.807, 2.05) is 0 Å². The van der Waals surface area contributed by atoms with Crippen molar-refractivity contribution in [1.82, 2.24) is 4.57 Å². The van der Waals surface area contributed by atoms with Gasteiger partial charge in [0.05, 0.1) is 5.69 Å². The molecule has 3 aromatic rings. The molecule has 2 nitrogen and oxygen atoms in total. The summed E-state index contributed by atoms with van der Waals surface area (Å²) in [5, 5.41) is 0. The fourth-order valence-electron chi connectivity index (χ4n) is 4.13. The molecular weight excluding hydrogens is 282 g/mol. The molecule has 2 aromatic carbocycles. The van der Waals surface area contributed by atoms with Gasteiger partial charge in [-0.3, -0.25) is 0 Å². The van der Waals surface area contributed by atoms with Gasteiger partial charge in [-0.2, -0.15) is 0 Å². The molecule has 0 aliphatic carbocycles. The molecule has 0 radical (unpaired) electrons. The second-order valence-electron chi connectivity index (χ2n) is 6.41. The zero-order valence-corrected chi connectivity index (χ0v) is 13.1. The van der Waals surface area contributed by atoms with Gasteiger partial charge < -0.3 is 9.30 Å². The van der Waals surface area contributed by atoms with Gasteiger partial charge in [-0.15, -0.1) is 0 Å². The van der Waals surface area contributed by atoms with Crippen molar-refractivity contribution in [2.75, 3.05) is 0 Å². The summed E-state index contributed by atoms with van der Waals surface area (Å²) >= 11 is 0. The van der Waals surface area contributed by atoms with E-state index in [9.17, 15) is 0 Å². The Hall–Kier alpha value is -2.48. The Morgan fingerprint density at radius 3 is 2.61 bits per heavy atom. The van der Waals surface area contributed by atoms with Crippen LogP contribution in [-0.4, -0.2) is 4.57 Å². The van der Waals surface area contributed by atoms with E-state index in [2.05, 4.69) is 59.2 Å². The van der Waals surface area contributed by atoms with E-state index in [4.69, 9.17) is 4.74 Å². The Bertz CT molecular complexity index is 853. The highest BCUT2D eigenvalue weighted by molar-refractivity contribution is 5.84. The minimum absolute atomic E-state index is 0.677. The summed E-state index contributed by atoms with van der Waals surface area (Å²) in [7, 11) is 0. The molecule has 5 rings (SSSR count). The molecule has 0 unspecified atom stereocenters. The lowest BCUT2D eigenvalue weighted by atomic mass is 9.95. The van der Waals surface area contributed by atoms with Crippen molar-refractivity contribution in [3.8, 4) is 28.1 Å². The van der Waals surface area contributed by atoms with Crippen molar-refractivity contribution in [3.63, 3.8) is 0 Å². The highest BCUT2D eigenvalue weighted by Gasteiger charge is 2.30. The fourth-order valence-corrected chi connectivity index (χ4v) is 4.13. The smallest absolute Gasteiger partial charge is 0.129 e. The van der Waals surface area contributed by atoms with Gasteiger partial charge in [0.25, 0.3) is 0 Å². The van der Waals surface area contributed by atoms with Crippen molar-refractivity contribution >= 4 is 0 Å². The minimum Gasteiger partial charge on any atom is -0.488 e. The molecule has 2 aliphatic heterocycles. The highest BCUT2D eigenvalue weighted by atomic mass is 16.5. The third-order valence-electron chi connectivity index (χ3n) is 5.09. The monoisotopic (exact) mass is 301 g/mol. The van der Waals surface area contributed by atoms with E-state index in [0.29, 0.717) is 6.61 Å². The molecule has 0 saturated carbocycles. The Morgan fingerprint density at radius 2 is 1.70 bits per heavy atom. The predicted octanol–water partition coefficient (Wildman–Crippen LogP) is 5.05. The van der Waals surface area contributed by atoms with Crippen molar-refractivity contribution in [2.24, 2.45) is 0 Å². The number of rotatable bonds is 1. The Balaban J connectivity index is 1.84. The third kappa shape index (κ3) is 1.88. The number of benzene rings is 2. The van der Waals surface area contributed by atoms with Gasteiger partial charge >= 0.3 is 0 Å².